The number of rotatable bonds is 5. The average Bonchev–Trinajstić information content (AvgIpc) is 2.62. The summed E-state index contributed by atoms with van der Waals surface area (Å²) in [5, 5.41) is 11.4. The zero-order valence-corrected chi connectivity index (χ0v) is 16.3. The summed E-state index contributed by atoms with van der Waals surface area (Å²) in [6.45, 7) is 0. The molecule has 7 heteroatoms. The average molecular weight is 453 g/mol. The lowest BCUT2D eigenvalue weighted by Crippen LogP contribution is -2.36. The molecule has 0 atom stereocenters. The lowest BCUT2D eigenvalue weighted by molar-refractivity contribution is 0.105. The van der Waals surface area contributed by atoms with Gasteiger partial charge in [0.05, 0.1) is 10.6 Å². The van der Waals surface area contributed by atoms with Crippen LogP contribution in [0.25, 0.3) is 0 Å². The van der Waals surface area contributed by atoms with Crippen molar-refractivity contribution < 1.29 is 22.3 Å². The summed E-state index contributed by atoms with van der Waals surface area (Å²) in [6, 6.07) is 15.8. The number of hydrogen-bond acceptors (Lipinski definition) is 3. The van der Waals surface area contributed by atoms with Gasteiger partial charge in [-0.1, -0.05) is 40.2 Å². The van der Waals surface area contributed by atoms with Crippen LogP contribution in [0.4, 0.5) is 8.78 Å². The van der Waals surface area contributed by atoms with Gasteiger partial charge in [-0.25, -0.2) is 17.2 Å². The number of aliphatic hydroxyl groups is 1. The fourth-order valence-electron chi connectivity index (χ4n) is 2.78. The third kappa shape index (κ3) is 4.26. The second-order valence-electron chi connectivity index (χ2n) is 6.09. The molecule has 0 aliphatic heterocycles. The molecule has 1 N–H and O–H groups in total. The molecular formula is C20H15BrF2O3S. The molecule has 140 valence electrons. The first-order chi connectivity index (χ1) is 12.7. The first kappa shape index (κ1) is 19.7. The summed E-state index contributed by atoms with van der Waals surface area (Å²) in [7, 11) is -3.91. The van der Waals surface area contributed by atoms with Crippen LogP contribution < -0.4 is 0 Å². The normalized spacial score (nSPS) is 12.1. The fourth-order valence-corrected chi connectivity index (χ4v) is 4.65. The van der Waals surface area contributed by atoms with Crippen molar-refractivity contribution in [3.05, 3.63) is 100 Å². The summed E-state index contributed by atoms with van der Waals surface area (Å²) >= 11 is 3.25. The quantitative estimate of drug-likeness (QED) is 0.622. The third-order valence-corrected chi connectivity index (χ3v) is 6.53. The first-order valence-electron chi connectivity index (χ1n) is 7.93. The highest BCUT2D eigenvalue weighted by atomic mass is 79.9. The maximum Gasteiger partial charge on any atom is 0.181 e. The zero-order chi connectivity index (χ0) is 19.7. The molecule has 0 aliphatic rings. The van der Waals surface area contributed by atoms with Crippen LogP contribution in [0.2, 0.25) is 0 Å². The Balaban J connectivity index is 2.10. The molecule has 0 unspecified atom stereocenters. The summed E-state index contributed by atoms with van der Waals surface area (Å²) in [4.78, 5) is 0.0355. The number of hydrogen-bond donors (Lipinski definition) is 1. The SMILES string of the molecule is O=S(=O)(CC(O)(c1ccc(F)cc1)c1ccc(F)cc1)c1ccc(Br)cc1. The minimum atomic E-state index is -3.91. The van der Waals surface area contributed by atoms with E-state index in [2.05, 4.69) is 15.9 Å². The van der Waals surface area contributed by atoms with Crippen molar-refractivity contribution in [2.45, 2.75) is 10.5 Å². The van der Waals surface area contributed by atoms with Crippen molar-refractivity contribution in [1.29, 1.82) is 0 Å². The molecule has 3 rings (SSSR count). The van der Waals surface area contributed by atoms with Crippen molar-refractivity contribution in [2.75, 3.05) is 5.75 Å². The van der Waals surface area contributed by atoms with E-state index < -0.39 is 32.8 Å². The van der Waals surface area contributed by atoms with Gasteiger partial charge in [-0.3, -0.25) is 0 Å². The predicted molar refractivity (Wildman–Crippen MR) is 102 cm³/mol. The van der Waals surface area contributed by atoms with Gasteiger partial charge in [0, 0.05) is 4.47 Å². The van der Waals surface area contributed by atoms with Gasteiger partial charge in [0.25, 0.3) is 0 Å². The highest BCUT2D eigenvalue weighted by Gasteiger charge is 2.37. The Morgan fingerprint density at radius 2 is 1.19 bits per heavy atom. The van der Waals surface area contributed by atoms with E-state index in [0.717, 1.165) is 24.3 Å². The summed E-state index contributed by atoms with van der Waals surface area (Å²) in [6.07, 6.45) is 0. The molecule has 0 fully saturated rings. The van der Waals surface area contributed by atoms with E-state index in [1.54, 1.807) is 12.1 Å². The largest absolute Gasteiger partial charge is 0.379 e. The molecule has 0 radical (unpaired) electrons. The molecule has 3 aromatic rings. The Morgan fingerprint density at radius 3 is 1.59 bits per heavy atom. The molecule has 0 aliphatic carbocycles. The smallest absolute Gasteiger partial charge is 0.181 e. The van der Waals surface area contributed by atoms with Crippen LogP contribution in [0.3, 0.4) is 0 Å². The minimum Gasteiger partial charge on any atom is -0.379 e. The van der Waals surface area contributed by atoms with E-state index >= 15 is 0 Å². The molecule has 0 amide bonds. The van der Waals surface area contributed by atoms with Crippen LogP contribution in [0.15, 0.2) is 82.2 Å². The van der Waals surface area contributed by atoms with Crippen molar-refractivity contribution in [2.24, 2.45) is 0 Å². The van der Waals surface area contributed by atoms with Crippen LogP contribution in [0.1, 0.15) is 11.1 Å². The van der Waals surface area contributed by atoms with Crippen LogP contribution in [-0.2, 0) is 15.4 Å². The van der Waals surface area contributed by atoms with E-state index in [1.807, 2.05) is 0 Å². The van der Waals surface area contributed by atoms with Crippen molar-refractivity contribution in [3.63, 3.8) is 0 Å². The lowest BCUT2D eigenvalue weighted by Gasteiger charge is -2.29. The fraction of sp³-hybridized carbons (Fsp3) is 0.100. The molecule has 0 saturated heterocycles. The molecule has 0 spiro atoms. The summed E-state index contributed by atoms with van der Waals surface area (Å²) in [5.74, 6) is -1.72. The zero-order valence-electron chi connectivity index (χ0n) is 13.9. The Hall–Kier alpha value is -2.09. The van der Waals surface area contributed by atoms with E-state index in [1.165, 1.54) is 36.4 Å². The lowest BCUT2D eigenvalue weighted by atomic mass is 9.88. The molecule has 0 heterocycles. The minimum absolute atomic E-state index is 0.0355. The van der Waals surface area contributed by atoms with Gasteiger partial charge in [0.15, 0.2) is 9.84 Å². The van der Waals surface area contributed by atoms with Crippen LogP contribution in [0.5, 0.6) is 0 Å². The van der Waals surface area contributed by atoms with E-state index in [4.69, 9.17) is 0 Å². The Bertz CT molecular complexity index is 987. The number of sulfone groups is 1. The van der Waals surface area contributed by atoms with Crippen LogP contribution >= 0.6 is 15.9 Å². The molecule has 3 nitrogen and oxygen atoms in total. The highest BCUT2D eigenvalue weighted by molar-refractivity contribution is 9.10. The van der Waals surface area contributed by atoms with Gasteiger partial charge >= 0.3 is 0 Å². The van der Waals surface area contributed by atoms with Crippen molar-refractivity contribution in [3.8, 4) is 0 Å². The Labute approximate surface area is 164 Å². The third-order valence-electron chi connectivity index (χ3n) is 4.22. The van der Waals surface area contributed by atoms with Gasteiger partial charge in [-0.05, 0) is 59.7 Å². The van der Waals surface area contributed by atoms with Gasteiger partial charge in [-0.2, -0.15) is 0 Å². The maximum atomic E-state index is 13.3. The van der Waals surface area contributed by atoms with E-state index in [0.29, 0.717) is 4.47 Å². The maximum absolute atomic E-state index is 13.3. The molecular weight excluding hydrogens is 438 g/mol. The molecule has 0 saturated carbocycles. The van der Waals surface area contributed by atoms with Gasteiger partial charge in [0.2, 0.25) is 0 Å². The summed E-state index contributed by atoms with van der Waals surface area (Å²) < 4.78 is 53.2. The summed E-state index contributed by atoms with van der Waals surface area (Å²) in [5.41, 5.74) is -1.60. The van der Waals surface area contributed by atoms with Gasteiger partial charge in [0.1, 0.15) is 17.2 Å². The molecule has 3 aromatic carbocycles. The number of benzene rings is 3. The first-order valence-corrected chi connectivity index (χ1v) is 10.4. The van der Waals surface area contributed by atoms with Crippen molar-refractivity contribution in [1.82, 2.24) is 0 Å². The van der Waals surface area contributed by atoms with Gasteiger partial charge in [-0.15, -0.1) is 0 Å². The number of halogens is 3. The molecule has 0 bridgehead atoms. The molecule has 0 aromatic heterocycles. The van der Waals surface area contributed by atoms with Crippen molar-refractivity contribution >= 4 is 25.8 Å². The van der Waals surface area contributed by atoms with E-state index in [-0.39, 0.29) is 16.0 Å². The second-order valence-corrected chi connectivity index (χ2v) is 8.99. The Morgan fingerprint density at radius 1 is 0.778 bits per heavy atom. The van der Waals surface area contributed by atoms with Gasteiger partial charge < -0.3 is 5.11 Å². The highest BCUT2D eigenvalue weighted by Crippen LogP contribution is 2.33. The standard InChI is InChI=1S/C20H15BrF2O3S/c21-16-5-11-19(12-6-16)27(25,26)13-20(24,14-1-7-17(22)8-2-14)15-3-9-18(23)10-4-15/h1-12,24H,13H2. The monoisotopic (exact) mass is 452 g/mol. The van der Waals surface area contributed by atoms with Crippen LogP contribution in [0, 0.1) is 11.6 Å². The Kier molecular flexibility index (Phi) is 5.46. The second kappa shape index (κ2) is 7.50. The van der Waals surface area contributed by atoms with E-state index in [9.17, 15) is 22.3 Å². The molecule has 27 heavy (non-hydrogen) atoms. The topological polar surface area (TPSA) is 54.4 Å². The van der Waals surface area contributed by atoms with Crippen LogP contribution in [-0.4, -0.2) is 19.3 Å². The predicted octanol–water partition coefficient (Wildman–Crippen LogP) is 4.44.